The molecule has 2 unspecified atom stereocenters. The molecule has 2 aromatic rings. The molecule has 1 aromatic carbocycles. The van der Waals surface area contributed by atoms with Gasteiger partial charge in [-0.25, -0.2) is 21.1 Å². The van der Waals surface area contributed by atoms with E-state index in [1.165, 1.54) is 14.9 Å². The predicted molar refractivity (Wildman–Crippen MR) is 105 cm³/mol. The van der Waals surface area contributed by atoms with Crippen molar-refractivity contribution in [1.82, 2.24) is 17.4 Å². The van der Waals surface area contributed by atoms with Gasteiger partial charge in [0.15, 0.2) is 0 Å². The van der Waals surface area contributed by atoms with Crippen LogP contribution in [0.1, 0.15) is 6.42 Å². The fourth-order valence-corrected chi connectivity index (χ4v) is 7.51. The molecule has 4 rings (SSSR count). The van der Waals surface area contributed by atoms with Crippen molar-refractivity contribution in [3.05, 3.63) is 18.2 Å². The zero-order chi connectivity index (χ0) is 20.2. The Balaban J connectivity index is 1.66. The second-order valence-electron chi connectivity index (χ2n) is 7.55. The highest BCUT2D eigenvalue weighted by atomic mass is 32.2. The fraction of sp³-hybridized carbons (Fsp3) is 0.625. The van der Waals surface area contributed by atoms with E-state index in [1.54, 1.807) is 25.3 Å². The van der Waals surface area contributed by atoms with Crippen molar-refractivity contribution in [2.24, 2.45) is 11.3 Å². The number of rotatable bonds is 5. The van der Waals surface area contributed by atoms with Crippen molar-refractivity contribution in [3.63, 3.8) is 0 Å². The standard InChI is InChI=1S/C16H22N4O5S3/c1-25-11-16-6-7-19(8-12(16)9-20(10-16)27(2,21)22)28(23,24)14-5-3-4-13-15(14)18-26-17-13/h3-5,12H,6-11H2,1-2H3. The van der Waals surface area contributed by atoms with Crippen LogP contribution in [0.3, 0.4) is 0 Å². The van der Waals surface area contributed by atoms with Crippen LogP contribution in [-0.2, 0) is 24.8 Å². The molecular weight excluding hydrogens is 424 g/mol. The molecule has 2 aliphatic rings. The van der Waals surface area contributed by atoms with Gasteiger partial charge in [-0.3, -0.25) is 0 Å². The van der Waals surface area contributed by atoms with E-state index in [0.29, 0.717) is 43.7 Å². The van der Waals surface area contributed by atoms with Crippen LogP contribution in [0, 0.1) is 11.3 Å². The topological polar surface area (TPSA) is 110 Å². The van der Waals surface area contributed by atoms with Crippen LogP contribution in [0.25, 0.3) is 11.0 Å². The van der Waals surface area contributed by atoms with Gasteiger partial charge in [0.2, 0.25) is 20.0 Å². The summed E-state index contributed by atoms with van der Waals surface area (Å²) in [6, 6.07) is 4.95. The molecule has 28 heavy (non-hydrogen) atoms. The Kier molecular flexibility index (Phi) is 5.00. The first kappa shape index (κ1) is 20.1. The lowest BCUT2D eigenvalue weighted by atomic mass is 9.74. The number of methoxy groups -OCH3 is 1. The number of fused-ring (bicyclic) bond motifs is 2. The monoisotopic (exact) mass is 446 g/mol. The van der Waals surface area contributed by atoms with Crippen LogP contribution in [0.15, 0.2) is 23.1 Å². The predicted octanol–water partition coefficient (Wildman–Crippen LogP) is 0.610. The van der Waals surface area contributed by atoms with E-state index in [-0.39, 0.29) is 22.8 Å². The van der Waals surface area contributed by atoms with Crippen LogP contribution >= 0.6 is 11.7 Å². The van der Waals surface area contributed by atoms with Crippen molar-refractivity contribution in [2.45, 2.75) is 11.3 Å². The zero-order valence-corrected chi connectivity index (χ0v) is 18.1. The summed E-state index contributed by atoms with van der Waals surface area (Å²) in [6.07, 6.45) is 1.73. The van der Waals surface area contributed by atoms with E-state index in [9.17, 15) is 16.8 Å². The van der Waals surface area contributed by atoms with Crippen molar-refractivity contribution in [2.75, 3.05) is 46.2 Å². The highest BCUT2D eigenvalue weighted by molar-refractivity contribution is 7.89. The summed E-state index contributed by atoms with van der Waals surface area (Å²) in [5.41, 5.74) is 0.573. The van der Waals surface area contributed by atoms with Gasteiger partial charge in [-0.2, -0.15) is 13.1 Å². The van der Waals surface area contributed by atoms with Crippen molar-refractivity contribution < 1.29 is 21.6 Å². The molecule has 154 valence electrons. The molecule has 0 radical (unpaired) electrons. The molecule has 2 saturated heterocycles. The van der Waals surface area contributed by atoms with Crippen LogP contribution in [0.2, 0.25) is 0 Å². The van der Waals surface area contributed by atoms with Crippen molar-refractivity contribution in [1.29, 1.82) is 0 Å². The average molecular weight is 447 g/mol. The maximum absolute atomic E-state index is 13.3. The summed E-state index contributed by atoms with van der Waals surface area (Å²) in [6.45, 7) is 1.64. The van der Waals surface area contributed by atoms with E-state index in [4.69, 9.17) is 4.74 Å². The van der Waals surface area contributed by atoms with Gasteiger partial charge in [-0.05, 0) is 24.5 Å². The molecule has 1 aromatic heterocycles. The van der Waals surface area contributed by atoms with E-state index < -0.39 is 20.0 Å². The minimum Gasteiger partial charge on any atom is -0.384 e. The summed E-state index contributed by atoms with van der Waals surface area (Å²) in [5, 5.41) is 0. The SMILES string of the molecule is COCC12CCN(S(=O)(=O)c3cccc4nsnc34)CC1CN(S(C)(=O)=O)C2. The van der Waals surface area contributed by atoms with Crippen LogP contribution in [0.4, 0.5) is 0 Å². The number of piperidine rings is 1. The summed E-state index contributed by atoms with van der Waals surface area (Å²) in [4.78, 5) is 0.149. The largest absolute Gasteiger partial charge is 0.384 e. The van der Waals surface area contributed by atoms with Crippen LogP contribution < -0.4 is 0 Å². The first-order chi connectivity index (χ1) is 13.2. The highest BCUT2D eigenvalue weighted by Crippen LogP contribution is 2.45. The second-order valence-corrected chi connectivity index (χ2v) is 12.0. The van der Waals surface area contributed by atoms with Gasteiger partial charge < -0.3 is 4.74 Å². The Hall–Kier alpha value is -1.18. The average Bonchev–Trinajstić information content (AvgIpc) is 3.25. The third-order valence-corrected chi connectivity index (χ3v) is 9.49. The van der Waals surface area contributed by atoms with Gasteiger partial charge in [-0.1, -0.05) is 6.07 Å². The van der Waals surface area contributed by atoms with Gasteiger partial charge in [0.05, 0.1) is 24.6 Å². The quantitative estimate of drug-likeness (QED) is 0.662. The lowest BCUT2D eigenvalue weighted by Gasteiger charge is -2.42. The summed E-state index contributed by atoms with van der Waals surface area (Å²) >= 11 is 0.981. The molecule has 2 aliphatic heterocycles. The van der Waals surface area contributed by atoms with Crippen LogP contribution in [-0.4, -0.2) is 80.3 Å². The molecule has 3 heterocycles. The maximum atomic E-state index is 13.3. The number of hydrogen-bond acceptors (Lipinski definition) is 8. The molecular formula is C16H22N4O5S3. The van der Waals surface area contributed by atoms with E-state index >= 15 is 0 Å². The number of benzene rings is 1. The lowest BCUT2D eigenvalue weighted by Crippen LogP contribution is -2.50. The Bertz CT molecular complexity index is 1100. The zero-order valence-electron chi connectivity index (χ0n) is 15.6. The number of nitrogens with zero attached hydrogens (tertiary/aromatic N) is 4. The van der Waals surface area contributed by atoms with Gasteiger partial charge in [0.1, 0.15) is 15.9 Å². The number of ether oxygens (including phenoxy) is 1. The van der Waals surface area contributed by atoms with E-state index in [0.717, 1.165) is 11.7 Å². The Labute approximate surface area is 168 Å². The van der Waals surface area contributed by atoms with Crippen molar-refractivity contribution in [3.8, 4) is 0 Å². The summed E-state index contributed by atoms with van der Waals surface area (Å²) in [5.74, 6) is -0.126. The Morgan fingerprint density at radius 2 is 1.96 bits per heavy atom. The van der Waals surface area contributed by atoms with Gasteiger partial charge >= 0.3 is 0 Å². The fourth-order valence-electron chi connectivity index (χ4n) is 4.33. The molecule has 9 nitrogen and oxygen atoms in total. The lowest BCUT2D eigenvalue weighted by molar-refractivity contribution is 0.0209. The normalized spacial score (nSPS) is 27.3. The molecule has 0 N–H and O–H groups in total. The molecule has 0 spiro atoms. The Morgan fingerprint density at radius 1 is 1.21 bits per heavy atom. The first-order valence-electron chi connectivity index (χ1n) is 8.83. The van der Waals surface area contributed by atoms with E-state index in [2.05, 4.69) is 8.75 Å². The molecule has 2 fully saturated rings. The maximum Gasteiger partial charge on any atom is 0.245 e. The third kappa shape index (κ3) is 3.25. The van der Waals surface area contributed by atoms with Gasteiger partial charge in [0, 0.05) is 38.7 Å². The molecule has 0 bridgehead atoms. The minimum atomic E-state index is -3.76. The first-order valence-corrected chi connectivity index (χ1v) is 12.8. The van der Waals surface area contributed by atoms with E-state index in [1.807, 2.05) is 0 Å². The van der Waals surface area contributed by atoms with Crippen molar-refractivity contribution >= 4 is 42.8 Å². The van der Waals surface area contributed by atoms with Crippen LogP contribution in [0.5, 0.6) is 0 Å². The second kappa shape index (κ2) is 6.96. The Morgan fingerprint density at radius 3 is 2.68 bits per heavy atom. The smallest absolute Gasteiger partial charge is 0.245 e. The molecule has 0 saturated carbocycles. The molecule has 0 aliphatic carbocycles. The molecule has 2 atom stereocenters. The number of sulfonamides is 2. The van der Waals surface area contributed by atoms with Gasteiger partial charge in [-0.15, -0.1) is 0 Å². The number of aromatic nitrogens is 2. The highest BCUT2D eigenvalue weighted by Gasteiger charge is 2.53. The summed E-state index contributed by atoms with van der Waals surface area (Å²) < 4.78 is 67.4. The van der Waals surface area contributed by atoms with Gasteiger partial charge in [0.25, 0.3) is 0 Å². The third-order valence-electron chi connectivity index (χ3n) is 5.83. The number of hydrogen-bond donors (Lipinski definition) is 0. The molecule has 12 heteroatoms. The summed E-state index contributed by atoms with van der Waals surface area (Å²) in [7, 11) is -5.52. The molecule has 0 amide bonds. The minimum absolute atomic E-state index is 0.126.